The average Bonchev–Trinajstić information content (AvgIpc) is 2.30. The summed E-state index contributed by atoms with van der Waals surface area (Å²) in [6.07, 6.45) is 0. The Morgan fingerprint density at radius 3 is 2.67 bits per heavy atom. The second-order valence-corrected chi connectivity index (χ2v) is 5.39. The number of hydrogen-bond acceptors (Lipinski definition) is 2. The molecule has 0 heterocycles. The summed E-state index contributed by atoms with van der Waals surface area (Å²) in [5, 5.41) is 0.714. The van der Waals surface area contributed by atoms with Gasteiger partial charge in [-0.15, -0.1) is 0 Å². The standard InChI is InChI=1S/C14H13BrClNO/c1-9-2-3-10(12(16)6-9)8-18-14-5-4-11(15)7-13(14)17/h2-7H,8,17H2,1H3. The molecule has 0 saturated heterocycles. The second kappa shape index (κ2) is 5.63. The lowest BCUT2D eigenvalue weighted by Crippen LogP contribution is -1.99. The van der Waals surface area contributed by atoms with Crippen molar-refractivity contribution in [1.82, 2.24) is 0 Å². The van der Waals surface area contributed by atoms with E-state index in [0.29, 0.717) is 23.1 Å². The molecule has 2 N–H and O–H groups in total. The lowest BCUT2D eigenvalue weighted by atomic mass is 10.1. The first-order chi connectivity index (χ1) is 8.56. The number of halogens is 2. The topological polar surface area (TPSA) is 35.2 Å². The maximum Gasteiger partial charge on any atom is 0.142 e. The van der Waals surface area contributed by atoms with E-state index in [2.05, 4.69) is 15.9 Å². The van der Waals surface area contributed by atoms with E-state index in [9.17, 15) is 0 Å². The molecule has 0 radical (unpaired) electrons. The van der Waals surface area contributed by atoms with E-state index in [4.69, 9.17) is 22.1 Å². The summed E-state index contributed by atoms with van der Waals surface area (Å²) in [5.74, 6) is 0.662. The molecule has 0 atom stereocenters. The van der Waals surface area contributed by atoms with Crippen LogP contribution in [-0.2, 0) is 6.61 Å². The monoisotopic (exact) mass is 325 g/mol. The van der Waals surface area contributed by atoms with Gasteiger partial charge in [0.25, 0.3) is 0 Å². The number of benzene rings is 2. The number of aryl methyl sites for hydroxylation is 1. The van der Waals surface area contributed by atoms with Crippen LogP contribution in [0.2, 0.25) is 5.02 Å². The minimum atomic E-state index is 0.408. The third kappa shape index (κ3) is 3.18. The summed E-state index contributed by atoms with van der Waals surface area (Å²) < 4.78 is 6.60. The first kappa shape index (κ1) is 13.2. The number of anilines is 1. The van der Waals surface area contributed by atoms with E-state index in [-0.39, 0.29) is 0 Å². The molecule has 0 aliphatic rings. The highest BCUT2D eigenvalue weighted by atomic mass is 79.9. The van der Waals surface area contributed by atoms with Crippen molar-refractivity contribution in [1.29, 1.82) is 0 Å². The van der Waals surface area contributed by atoms with Gasteiger partial charge in [-0.05, 0) is 36.8 Å². The predicted molar refractivity (Wildman–Crippen MR) is 79.1 cm³/mol. The highest BCUT2D eigenvalue weighted by molar-refractivity contribution is 9.10. The van der Waals surface area contributed by atoms with Crippen LogP contribution < -0.4 is 10.5 Å². The summed E-state index contributed by atoms with van der Waals surface area (Å²) in [4.78, 5) is 0. The normalized spacial score (nSPS) is 10.4. The molecule has 0 aliphatic carbocycles. The maximum absolute atomic E-state index is 6.14. The Kier molecular flexibility index (Phi) is 4.15. The third-order valence-electron chi connectivity index (χ3n) is 2.56. The summed E-state index contributed by atoms with van der Waals surface area (Å²) in [6, 6.07) is 11.4. The molecule has 0 bridgehead atoms. The Hall–Kier alpha value is -1.19. The van der Waals surface area contributed by atoms with E-state index >= 15 is 0 Å². The van der Waals surface area contributed by atoms with Crippen molar-refractivity contribution in [3.05, 3.63) is 57.0 Å². The van der Waals surface area contributed by atoms with Gasteiger partial charge in [0, 0.05) is 15.1 Å². The van der Waals surface area contributed by atoms with Gasteiger partial charge in [0.05, 0.1) is 5.69 Å². The molecule has 0 saturated carbocycles. The highest BCUT2D eigenvalue weighted by Crippen LogP contribution is 2.27. The van der Waals surface area contributed by atoms with Crippen molar-refractivity contribution in [3.63, 3.8) is 0 Å². The number of nitrogens with two attached hydrogens (primary N) is 1. The fourth-order valence-corrected chi connectivity index (χ4v) is 2.24. The molecule has 0 unspecified atom stereocenters. The summed E-state index contributed by atoms with van der Waals surface area (Å²) in [5.41, 5.74) is 8.54. The van der Waals surface area contributed by atoms with Gasteiger partial charge in [-0.25, -0.2) is 0 Å². The Morgan fingerprint density at radius 1 is 1.22 bits per heavy atom. The lowest BCUT2D eigenvalue weighted by molar-refractivity contribution is 0.308. The molecule has 0 aromatic heterocycles. The van der Waals surface area contributed by atoms with Crippen LogP contribution in [0.3, 0.4) is 0 Å². The van der Waals surface area contributed by atoms with Crippen LogP contribution in [0.15, 0.2) is 40.9 Å². The summed E-state index contributed by atoms with van der Waals surface area (Å²) in [6.45, 7) is 2.41. The summed E-state index contributed by atoms with van der Waals surface area (Å²) >= 11 is 9.50. The molecule has 2 aromatic rings. The fraction of sp³-hybridized carbons (Fsp3) is 0.143. The van der Waals surface area contributed by atoms with Gasteiger partial charge in [0.15, 0.2) is 0 Å². The molecular weight excluding hydrogens is 314 g/mol. The smallest absolute Gasteiger partial charge is 0.142 e. The molecule has 0 amide bonds. The Labute approximate surface area is 120 Å². The minimum absolute atomic E-state index is 0.408. The van der Waals surface area contributed by atoms with Crippen molar-refractivity contribution < 1.29 is 4.74 Å². The second-order valence-electron chi connectivity index (χ2n) is 4.07. The maximum atomic E-state index is 6.14. The van der Waals surface area contributed by atoms with Crippen molar-refractivity contribution in [2.24, 2.45) is 0 Å². The zero-order valence-electron chi connectivity index (χ0n) is 9.91. The zero-order valence-corrected chi connectivity index (χ0v) is 12.3. The van der Waals surface area contributed by atoms with E-state index in [1.807, 2.05) is 43.3 Å². The number of rotatable bonds is 3. The van der Waals surface area contributed by atoms with Crippen molar-refractivity contribution in [3.8, 4) is 5.75 Å². The molecule has 2 aromatic carbocycles. The zero-order chi connectivity index (χ0) is 13.1. The minimum Gasteiger partial charge on any atom is -0.487 e. The molecule has 0 spiro atoms. The van der Waals surface area contributed by atoms with E-state index in [1.165, 1.54) is 0 Å². The lowest BCUT2D eigenvalue weighted by Gasteiger charge is -2.10. The molecule has 2 nitrogen and oxygen atoms in total. The molecule has 0 aliphatic heterocycles. The average molecular weight is 327 g/mol. The van der Waals surface area contributed by atoms with Gasteiger partial charge in [-0.2, -0.15) is 0 Å². The third-order valence-corrected chi connectivity index (χ3v) is 3.41. The Morgan fingerprint density at radius 2 is 2.00 bits per heavy atom. The number of hydrogen-bond donors (Lipinski definition) is 1. The van der Waals surface area contributed by atoms with E-state index in [0.717, 1.165) is 15.6 Å². The van der Waals surface area contributed by atoms with Crippen LogP contribution in [0.25, 0.3) is 0 Å². The van der Waals surface area contributed by atoms with Gasteiger partial charge in [0.1, 0.15) is 12.4 Å². The van der Waals surface area contributed by atoms with Crippen molar-refractivity contribution in [2.45, 2.75) is 13.5 Å². The first-order valence-electron chi connectivity index (χ1n) is 5.49. The van der Waals surface area contributed by atoms with Gasteiger partial charge in [-0.3, -0.25) is 0 Å². The molecule has 4 heteroatoms. The van der Waals surface area contributed by atoms with Gasteiger partial charge >= 0.3 is 0 Å². The van der Waals surface area contributed by atoms with E-state index < -0.39 is 0 Å². The van der Waals surface area contributed by atoms with Crippen LogP contribution >= 0.6 is 27.5 Å². The molecule has 2 rings (SSSR count). The van der Waals surface area contributed by atoms with Gasteiger partial charge in [-0.1, -0.05) is 39.7 Å². The van der Waals surface area contributed by atoms with Crippen LogP contribution in [0.4, 0.5) is 5.69 Å². The van der Waals surface area contributed by atoms with E-state index in [1.54, 1.807) is 0 Å². The molecular formula is C14H13BrClNO. The van der Waals surface area contributed by atoms with Crippen LogP contribution in [-0.4, -0.2) is 0 Å². The largest absolute Gasteiger partial charge is 0.487 e. The van der Waals surface area contributed by atoms with Crippen LogP contribution in [0, 0.1) is 6.92 Å². The predicted octanol–water partition coefficient (Wildman–Crippen LogP) is 4.57. The van der Waals surface area contributed by atoms with Crippen molar-refractivity contribution >= 4 is 33.2 Å². The summed E-state index contributed by atoms with van der Waals surface area (Å²) in [7, 11) is 0. The molecule has 18 heavy (non-hydrogen) atoms. The molecule has 0 fully saturated rings. The van der Waals surface area contributed by atoms with Crippen LogP contribution in [0.1, 0.15) is 11.1 Å². The SMILES string of the molecule is Cc1ccc(COc2ccc(Br)cc2N)c(Cl)c1. The highest BCUT2D eigenvalue weighted by Gasteiger charge is 2.04. The van der Waals surface area contributed by atoms with Gasteiger partial charge < -0.3 is 10.5 Å². The first-order valence-corrected chi connectivity index (χ1v) is 6.66. The number of ether oxygens (including phenoxy) is 1. The fourth-order valence-electron chi connectivity index (χ4n) is 1.58. The Bertz CT molecular complexity index is 520. The quantitative estimate of drug-likeness (QED) is 0.838. The van der Waals surface area contributed by atoms with Crippen LogP contribution in [0.5, 0.6) is 5.75 Å². The molecule has 94 valence electrons. The number of nitrogen functional groups attached to an aromatic ring is 1. The van der Waals surface area contributed by atoms with Gasteiger partial charge in [0.2, 0.25) is 0 Å². The van der Waals surface area contributed by atoms with Crippen molar-refractivity contribution in [2.75, 3.05) is 5.73 Å². The Balaban J connectivity index is 2.11.